The van der Waals surface area contributed by atoms with Crippen molar-refractivity contribution in [3.8, 4) is 0 Å². The van der Waals surface area contributed by atoms with Crippen molar-refractivity contribution in [1.82, 2.24) is 15.0 Å². The van der Waals surface area contributed by atoms with Gasteiger partial charge in [-0.15, -0.1) is 12.4 Å². The van der Waals surface area contributed by atoms with Crippen molar-refractivity contribution >= 4 is 35.8 Å². The van der Waals surface area contributed by atoms with Crippen LogP contribution in [0.5, 0.6) is 0 Å². The van der Waals surface area contributed by atoms with Gasteiger partial charge in [-0.3, -0.25) is 4.90 Å². The highest BCUT2D eigenvalue weighted by Crippen LogP contribution is 2.31. The summed E-state index contributed by atoms with van der Waals surface area (Å²) in [7, 11) is 0. The standard InChI is InChI=1S/C14H17ClN4OS.ClH/c15-11-3-1-10(2-4-11)12-9-21-6-5-19(12)8-13-17-14(7-16)20-18-13;/h1-4,12H,5-9,16H2;1H. The summed E-state index contributed by atoms with van der Waals surface area (Å²) >= 11 is 7.94. The van der Waals surface area contributed by atoms with Crippen LogP contribution in [-0.4, -0.2) is 33.1 Å². The predicted molar refractivity (Wildman–Crippen MR) is 91.4 cm³/mol. The Morgan fingerprint density at radius 1 is 1.36 bits per heavy atom. The molecule has 1 aliphatic heterocycles. The second-order valence-electron chi connectivity index (χ2n) is 4.92. The Labute approximate surface area is 145 Å². The number of nitrogens with zero attached hydrogens (tertiary/aromatic N) is 3. The van der Waals surface area contributed by atoms with Gasteiger partial charge in [0.2, 0.25) is 5.89 Å². The molecule has 2 heterocycles. The van der Waals surface area contributed by atoms with Gasteiger partial charge in [0, 0.05) is 29.1 Å². The summed E-state index contributed by atoms with van der Waals surface area (Å²) in [5.41, 5.74) is 6.78. The van der Waals surface area contributed by atoms with Crippen LogP contribution in [0.1, 0.15) is 23.3 Å². The third kappa shape index (κ3) is 4.14. The fourth-order valence-corrected chi connectivity index (χ4v) is 3.72. The molecule has 1 aromatic carbocycles. The van der Waals surface area contributed by atoms with Crippen LogP contribution in [0.4, 0.5) is 0 Å². The van der Waals surface area contributed by atoms with Gasteiger partial charge >= 0.3 is 0 Å². The van der Waals surface area contributed by atoms with Gasteiger partial charge < -0.3 is 10.3 Å². The first kappa shape index (κ1) is 17.6. The monoisotopic (exact) mass is 360 g/mol. The van der Waals surface area contributed by atoms with E-state index in [1.165, 1.54) is 5.56 Å². The summed E-state index contributed by atoms with van der Waals surface area (Å²) < 4.78 is 5.08. The molecule has 120 valence electrons. The first-order valence-corrected chi connectivity index (χ1v) is 8.38. The lowest BCUT2D eigenvalue weighted by molar-refractivity contribution is 0.204. The average molecular weight is 361 g/mol. The van der Waals surface area contributed by atoms with Crippen molar-refractivity contribution in [3.05, 3.63) is 46.6 Å². The Hall–Kier alpha value is -0.790. The Balaban J connectivity index is 0.00000176. The van der Waals surface area contributed by atoms with E-state index in [9.17, 15) is 0 Å². The molecule has 0 radical (unpaired) electrons. The average Bonchev–Trinajstić information content (AvgIpc) is 2.96. The van der Waals surface area contributed by atoms with Gasteiger partial charge in [0.05, 0.1) is 13.1 Å². The van der Waals surface area contributed by atoms with Crippen LogP contribution in [0, 0.1) is 0 Å². The van der Waals surface area contributed by atoms with Crippen LogP contribution >= 0.6 is 35.8 Å². The van der Waals surface area contributed by atoms with Crippen molar-refractivity contribution in [2.24, 2.45) is 5.73 Å². The number of aromatic nitrogens is 2. The largest absolute Gasteiger partial charge is 0.338 e. The quantitative estimate of drug-likeness (QED) is 0.903. The van der Waals surface area contributed by atoms with E-state index in [1.54, 1.807) is 0 Å². The molecule has 1 aliphatic rings. The fraction of sp³-hybridized carbons (Fsp3) is 0.429. The van der Waals surface area contributed by atoms with E-state index in [0.29, 0.717) is 24.3 Å². The Kier molecular flexibility index (Phi) is 6.52. The summed E-state index contributed by atoms with van der Waals surface area (Å²) in [6, 6.07) is 8.41. The molecule has 1 unspecified atom stereocenters. The minimum Gasteiger partial charge on any atom is -0.338 e. The van der Waals surface area contributed by atoms with Crippen LogP contribution in [-0.2, 0) is 13.1 Å². The van der Waals surface area contributed by atoms with E-state index in [0.717, 1.165) is 23.1 Å². The van der Waals surface area contributed by atoms with Crippen molar-refractivity contribution in [2.45, 2.75) is 19.1 Å². The van der Waals surface area contributed by atoms with Crippen molar-refractivity contribution in [2.75, 3.05) is 18.1 Å². The molecular formula is C14H18Cl2N4OS. The zero-order chi connectivity index (χ0) is 14.7. The van der Waals surface area contributed by atoms with Gasteiger partial charge in [-0.25, -0.2) is 0 Å². The molecular weight excluding hydrogens is 343 g/mol. The number of thioether (sulfide) groups is 1. The summed E-state index contributed by atoms with van der Waals surface area (Å²) in [5, 5.41) is 4.75. The Bertz CT molecular complexity index is 593. The topological polar surface area (TPSA) is 68.2 Å². The van der Waals surface area contributed by atoms with Gasteiger partial charge in [-0.2, -0.15) is 16.7 Å². The van der Waals surface area contributed by atoms with E-state index < -0.39 is 0 Å². The number of halogens is 2. The maximum absolute atomic E-state index is 5.97. The van der Waals surface area contributed by atoms with Crippen LogP contribution < -0.4 is 5.73 Å². The molecule has 8 heteroatoms. The molecule has 0 saturated carbocycles. The third-order valence-electron chi connectivity index (χ3n) is 3.52. The van der Waals surface area contributed by atoms with E-state index in [1.807, 2.05) is 23.9 Å². The molecule has 1 atom stereocenters. The van der Waals surface area contributed by atoms with E-state index in [4.69, 9.17) is 21.9 Å². The number of nitrogens with two attached hydrogens (primary N) is 1. The van der Waals surface area contributed by atoms with Gasteiger partial charge in [0.15, 0.2) is 5.82 Å². The molecule has 1 aromatic heterocycles. The molecule has 1 saturated heterocycles. The molecule has 1 fully saturated rings. The highest BCUT2D eigenvalue weighted by molar-refractivity contribution is 7.99. The highest BCUT2D eigenvalue weighted by atomic mass is 35.5. The van der Waals surface area contributed by atoms with Crippen molar-refractivity contribution < 1.29 is 4.52 Å². The summed E-state index contributed by atoms with van der Waals surface area (Å²) in [5.74, 6) is 3.36. The zero-order valence-electron chi connectivity index (χ0n) is 11.9. The summed E-state index contributed by atoms with van der Waals surface area (Å²) in [4.78, 5) is 6.67. The van der Waals surface area contributed by atoms with Crippen LogP contribution in [0.3, 0.4) is 0 Å². The number of rotatable bonds is 4. The van der Waals surface area contributed by atoms with Crippen LogP contribution in [0.2, 0.25) is 5.02 Å². The Morgan fingerprint density at radius 2 is 2.14 bits per heavy atom. The summed E-state index contributed by atoms with van der Waals surface area (Å²) in [6.07, 6.45) is 0. The van der Waals surface area contributed by atoms with Crippen LogP contribution in [0.25, 0.3) is 0 Å². The van der Waals surface area contributed by atoms with E-state index in [2.05, 4.69) is 27.2 Å². The minimum absolute atomic E-state index is 0. The number of hydrogen-bond acceptors (Lipinski definition) is 6. The highest BCUT2D eigenvalue weighted by Gasteiger charge is 2.25. The van der Waals surface area contributed by atoms with Crippen LogP contribution in [0.15, 0.2) is 28.8 Å². The smallest absolute Gasteiger partial charge is 0.240 e. The summed E-state index contributed by atoms with van der Waals surface area (Å²) in [6.45, 7) is 1.96. The molecule has 22 heavy (non-hydrogen) atoms. The van der Waals surface area contributed by atoms with E-state index >= 15 is 0 Å². The van der Waals surface area contributed by atoms with Crippen molar-refractivity contribution in [3.63, 3.8) is 0 Å². The first-order valence-electron chi connectivity index (χ1n) is 6.85. The number of hydrogen-bond donors (Lipinski definition) is 1. The maximum Gasteiger partial charge on any atom is 0.240 e. The fourth-order valence-electron chi connectivity index (χ4n) is 2.44. The normalized spacial score (nSPS) is 18.9. The Morgan fingerprint density at radius 3 is 2.82 bits per heavy atom. The molecule has 0 spiro atoms. The molecule has 0 bridgehead atoms. The van der Waals surface area contributed by atoms with Crippen molar-refractivity contribution in [1.29, 1.82) is 0 Å². The molecule has 0 amide bonds. The molecule has 2 N–H and O–H groups in total. The number of benzene rings is 1. The molecule has 5 nitrogen and oxygen atoms in total. The molecule has 3 rings (SSSR count). The predicted octanol–water partition coefficient (Wildman–Crippen LogP) is 2.89. The first-order chi connectivity index (χ1) is 10.3. The zero-order valence-corrected chi connectivity index (χ0v) is 14.3. The van der Waals surface area contributed by atoms with E-state index in [-0.39, 0.29) is 19.0 Å². The third-order valence-corrected chi connectivity index (χ3v) is 4.80. The lowest BCUT2D eigenvalue weighted by Gasteiger charge is -2.34. The van der Waals surface area contributed by atoms with Gasteiger partial charge in [0.25, 0.3) is 0 Å². The van der Waals surface area contributed by atoms with Gasteiger partial charge in [0.1, 0.15) is 0 Å². The molecule has 2 aromatic rings. The SMILES string of the molecule is Cl.NCc1nc(CN2CCSCC2c2ccc(Cl)cc2)no1. The van der Waals surface area contributed by atoms with Gasteiger partial charge in [-0.1, -0.05) is 28.9 Å². The second-order valence-corrected chi connectivity index (χ2v) is 6.51. The lowest BCUT2D eigenvalue weighted by Crippen LogP contribution is -2.36. The second kappa shape index (κ2) is 8.17. The lowest BCUT2D eigenvalue weighted by atomic mass is 10.1. The minimum atomic E-state index is 0. The van der Waals surface area contributed by atoms with Gasteiger partial charge in [-0.05, 0) is 17.7 Å². The maximum atomic E-state index is 5.97. The molecule has 0 aliphatic carbocycles.